The fourth-order valence-corrected chi connectivity index (χ4v) is 4.60. The molecule has 7 atom stereocenters. The number of esters is 1. The normalized spacial score (nSPS) is 33.6. The minimum Gasteiger partial charge on any atom is -0.462 e. The lowest BCUT2D eigenvalue weighted by molar-refractivity contribution is -0.151. The van der Waals surface area contributed by atoms with E-state index in [9.17, 15) is 15.0 Å². The van der Waals surface area contributed by atoms with Gasteiger partial charge in [-0.05, 0) is 56.9 Å². The van der Waals surface area contributed by atoms with E-state index in [1.807, 2.05) is 27.7 Å². The van der Waals surface area contributed by atoms with Gasteiger partial charge >= 0.3 is 5.97 Å². The van der Waals surface area contributed by atoms with E-state index in [0.717, 1.165) is 12.0 Å². The van der Waals surface area contributed by atoms with E-state index in [2.05, 4.69) is 18.7 Å². The molecule has 0 amide bonds. The van der Waals surface area contributed by atoms with Crippen LogP contribution in [0.5, 0.6) is 0 Å². The number of aliphatic hydroxyl groups excluding tert-OH is 2. The molecule has 26 heavy (non-hydrogen) atoms. The summed E-state index contributed by atoms with van der Waals surface area (Å²) in [6, 6.07) is 0. The van der Waals surface area contributed by atoms with Gasteiger partial charge in [0.2, 0.25) is 0 Å². The number of aliphatic hydroxyl groups is 2. The van der Waals surface area contributed by atoms with E-state index in [-0.39, 0.29) is 35.7 Å². The van der Waals surface area contributed by atoms with Crippen LogP contribution in [-0.4, -0.2) is 34.5 Å². The van der Waals surface area contributed by atoms with Gasteiger partial charge in [0.25, 0.3) is 0 Å². The number of fused-ring (bicyclic) bond motifs is 1. The smallest absolute Gasteiger partial charge is 0.302 e. The Morgan fingerprint density at radius 2 is 2.04 bits per heavy atom. The first-order chi connectivity index (χ1) is 12.1. The van der Waals surface area contributed by atoms with Crippen LogP contribution < -0.4 is 0 Å². The second-order valence-electron chi connectivity index (χ2n) is 8.32. The average Bonchev–Trinajstić information content (AvgIpc) is 2.91. The Kier molecular flexibility index (Phi) is 6.86. The largest absolute Gasteiger partial charge is 0.462 e. The zero-order chi connectivity index (χ0) is 19.6. The molecule has 0 radical (unpaired) electrons. The Morgan fingerprint density at radius 3 is 2.62 bits per heavy atom. The molecule has 0 saturated heterocycles. The van der Waals surface area contributed by atoms with Gasteiger partial charge in [0.1, 0.15) is 6.10 Å². The van der Waals surface area contributed by atoms with Crippen LogP contribution in [0.3, 0.4) is 0 Å². The number of hydrogen-bond acceptors (Lipinski definition) is 4. The molecule has 0 aromatic carbocycles. The number of rotatable bonds is 5. The lowest BCUT2D eigenvalue weighted by Crippen LogP contribution is -2.40. The summed E-state index contributed by atoms with van der Waals surface area (Å²) >= 11 is 0. The lowest BCUT2D eigenvalue weighted by atomic mass is 9.75. The Bertz CT molecular complexity index is 599. The topological polar surface area (TPSA) is 66.8 Å². The molecule has 2 N–H and O–H groups in total. The summed E-state index contributed by atoms with van der Waals surface area (Å²) < 4.78 is 5.59. The highest BCUT2D eigenvalue weighted by Gasteiger charge is 2.46. The van der Waals surface area contributed by atoms with Crippen molar-refractivity contribution >= 4 is 5.97 Å². The number of carbonyl (C=O) groups is 1. The summed E-state index contributed by atoms with van der Waals surface area (Å²) in [7, 11) is 0. The van der Waals surface area contributed by atoms with Gasteiger partial charge in [0.05, 0.1) is 12.2 Å². The predicted octanol–water partition coefficient (Wildman–Crippen LogP) is 3.79. The van der Waals surface area contributed by atoms with Gasteiger partial charge in [-0.2, -0.15) is 0 Å². The second-order valence-corrected chi connectivity index (χ2v) is 8.32. The molecule has 7 unspecified atom stereocenters. The van der Waals surface area contributed by atoms with Crippen molar-refractivity contribution in [3.05, 3.63) is 35.5 Å². The number of ether oxygens (including phenoxy) is 1. The third kappa shape index (κ3) is 4.47. The van der Waals surface area contributed by atoms with Crippen LogP contribution in [0.2, 0.25) is 0 Å². The van der Waals surface area contributed by atoms with Gasteiger partial charge in [0.15, 0.2) is 0 Å². The van der Waals surface area contributed by atoms with E-state index >= 15 is 0 Å². The Labute approximate surface area is 157 Å². The van der Waals surface area contributed by atoms with Crippen LogP contribution in [0.4, 0.5) is 0 Å². The van der Waals surface area contributed by atoms with Gasteiger partial charge in [-0.3, -0.25) is 4.79 Å². The van der Waals surface area contributed by atoms with Crippen LogP contribution in [0.15, 0.2) is 35.5 Å². The van der Waals surface area contributed by atoms with Crippen molar-refractivity contribution in [1.29, 1.82) is 0 Å². The van der Waals surface area contributed by atoms with Crippen molar-refractivity contribution in [2.45, 2.75) is 72.2 Å². The maximum absolute atomic E-state index is 11.6. The minimum atomic E-state index is -0.632. The van der Waals surface area contributed by atoms with Gasteiger partial charge in [-0.25, -0.2) is 0 Å². The van der Waals surface area contributed by atoms with Crippen molar-refractivity contribution in [3.63, 3.8) is 0 Å². The van der Waals surface area contributed by atoms with Crippen molar-refractivity contribution in [2.75, 3.05) is 0 Å². The van der Waals surface area contributed by atoms with Crippen LogP contribution in [0.25, 0.3) is 0 Å². The maximum Gasteiger partial charge on any atom is 0.302 e. The quantitative estimate of drug-likeness (QED) is 0.577. The highest BCUT2D eigenvalue weighted by Crippen LogP contribution is 2.47. The molecule has 2 aliphatic carbocycles. The fourth-order valence-electron chi connectivity index (χ4n) is 4.60. The third-order valence-electron chi connectivity index (χ3n) is 6.20. The summed E-state index contributed by atoms with van der Waals surface area (Å²) in [5.74, 6) is -0.449. The molecule has 146 valence electrons. The van der Waals surface area contributed by atoms with Gasteiger partial charge in [-0.1, -0.05) is 36.8 Å². The average molecular weight is 363 g/mol. The Morgan fingerprint density at radius 1 is 1.38 bits per heavy atom. The predicted molar refractivity (Wildman–Crippen MR) is 103 cm³/mol. The van der Waals surface area contributed by atoms with Crippen LogP contribution in [0.1, 0.15) is 53.9 Å². The highest BCUT2D eigenvalue weighted by molar-refractivity contribution is 5.66. The molecule has 0 aliphatic heterocycles. The Balaban J connectivity index is 2.29. The van der Waals surface area contributed by atoms with Gasteiger partial charge < -0.3 is 14.9 Å². The molecular weight excluding hydrogens is 328 g/mol. The summed E-state index contributed by atoms with van der Waals surface area (Å²) in [6.07, 6.45) is 4.59. The fraction of sp³-hybridized carbons (Fsp3) is 0.682. The zero-order valence-corrected chi connectivity index (χ0v) is 16.7. The van der Waals surface area contributed by atoms with Crippen LogP contribution in [0, 0.1) is 23.7 Å². The summed E-state index contributed by atoms with van der Waals surface area (Å²) in [5, 5.41) is 21.9. The standard InChI is InChI=1S/C22H34O4/c1-12(2)7-10-20(26-16(6)23)15(5)18-11-19(24)14(4)17-9-8-13(3)21(17)22(18)25/h7-8,15,17-22,24-25H,4,9-11H2,1-3,5-6H3. The number of carbonyl (C=O) groups excluding carboxylic acids is 1. The van der Waals surface area contributed by atoms with Crippen molar-refractivity contribution < 1.29 is 19.7 Å². The molecule has 1 fully saturated rings. The lowest BCUT2D eigenvalue weighted by Gasteiger charge is -2.36. The molecule has 0 aromatic rings. The monoisotopic (exact) mass is 362 g/mol. The number of hydrogen-bond donors (Lipinski definition) is 2. The summed E-state index contributed by atoms with van der Waals surface area (Å²) in [4.78, 5) is 11.6. The first kappa shape index (κ1) is 20.9. The zero-order valence-electron chi connectivity index (χ0n) is 16.7. The minimum absolute atomic E-state index is 0.00599. The highest BCUT2D eigenvalue weighted by atomic mass is 16.5. The molecular formula is C22H34O4. The van der Waals surface area contributed by atoms with Gasteiger partial charge in [0, 0.05) is 19.3 Å². The first-order valence-corrected chi connectivity index (χ1v) is 9.65. The van der Waals surface area contributed by atoms with Crippen molar-refractivity contribution in [3.8, 4) is 0 Å². The summed E-state index contributed by atoms with van der Waals surface area (Å²) in [6.45, 7) is 13.6. The summed E-state index contributed by atoms with van der Waals surface area (Å²) in [5.41, 5.74) is 3.16. The molecule has 0 aromatic heterocycles. The molecule has 4 heteroatoms. The molecule has 0 spiro atoms. The van der Waals surface area contributed by atoms with Crippen molar-refractivity contribution in [1.82, 2.24) is 0 Å². The van der Waals surface area contributed by atoms with Crippen LogP contribution in [-0.2, 0) is 9.53 Å². The maximum atomic E-state index is 11.6. The molecule has 2 aliphatic rings. The molecule has 1 saturated carbocycles. The van der Waals surface area contributed by atoms with E-state index in [0.29, 0.717) is 12.8 Å². The third-order valence-corrected chi connectivity index (χ3v) is 6.20. The molecule has 0 heterocycles. The Hall–Kier alpha value is -1.39. The van der Waals surface area contributed by atoms with E-state index < -0.39 is 12.2 Å². The SMILES string of the molecule is C=C1C(O)CC(C(C)C(CC=C(C)C)OC(C)=O)C(O)C2C(C)=CCC12. The van der Waals surface area contributed by atoms with Crippen molar-refractivity contribution in [2.24, 2.45) is 23.7 Å². The van der Waals surface area contributed by atoms with Crippen LogP contribution >= 0.6 is 0 Å². The number of allylic oxidation sites excluding steroid dienone is 2. The molecule has 0 bridgehead atoms. The molecule has 4 nitrogen and oxygen atoms in total. The van der Waals surface area contributed by atoms with E-state index in [1.54, 1.807) is 0 Å². The van der Waals surface area contributed by atoms with E-state index in [1.165, 1.54) is 18.1 Å². The second kappa shape index (κ2) is 8.53. The van der Waals surface area contributed by atoms with E-state index in [4.69, 9.17) is 4.74 Å². The first-order valence-electron chi connectivity index (χ1n) is 9.65. The molecule has 2 rings (SSSR count). The van der Waals surface area contributed by atoms with Gasteiger partial charge in [-0.15, -0.1) is 0 Å².